The normalized spacial score (nSPS) is 17.4. The number of rotatable bonds is 5. The average molecular weight is 254 g/mol. The lowest BCUT2D eigenvalue weighted by Gasteiger charge is -2.20. The van der Waals surface area contributed by atoms with Gasteiger partial charge in [0, 0.05) is 13.0 Å². The number of carboxylic acids is 1. The van der Waals surface area contributed by atoms with Crippen molar-refractivity contribution in [2.24, 2.45) is 0 Å². The molecule has 0 aromatic rings. The van der Waals surface area contributed by atoms with Gasteiger partial charge in [-0.3, -0.25) is 4.79 Å². The number of halogens is 3. The van der Waals surface area contributed by atoms with Crippen LogP contribution >= 0.6 is 0 Å². The summed E-state index contributed by atoms with van der Waals surface area (Å²) in [4.78, 5) is 21.3. The molecule has 0 saturated heterocycles. The van der Waals surface area contributed by atoms with Crippen molar-refractivity contribution in [3.05, 3.63) is 0 Å². The van der Waals surface area contributed by atoms with E-state index in [1.807, 2.05) is 5.32 Å². The highest BCUT2D eigenvalue weighted by Crippen LogP contribution is 2.48. The fourth-order valence-electron chi connectivity index (χ4n) is 1.31. The minimum atomic E-state index is -4.44. The van der Waals surface area contributed by atoms with Crippen LogP contribution in [0.25, 0.3) is 0 Å². The number of carbonyl (C=O) groups is 2. The number of aliphatic carboxylic acids is 1. The zero-order chi connectivity index (χ0) is 13.1. The van der Waals surface area contributed by atoms with Gasteiger partial charge < -0.3 is 15.7 Å². The van der Waals surface area contributed by atoms with Crippen molar-refractivity contribution in [3.63, 3.8) is 0 Å². The van der Waals surface area contributed by atoms with Gasteiger partial charge in [-0.05, 0) is 19.3 Å². The summed E-state index contributed by atoms with van der Waals surface area (Å²) >= 11 is 0. The van der Waals surface area contributed by atoms with E-state index in [1.165, 1.54) is 0 Å². The van der Waals surface area contributed by atoms with Gasteiger partial charge in [0.05, 0.1) is 0 Å². The number of carboxylic acid groups (broad SMARTS) is 1. The van der Waals surface area contributed by atoms with E-state index in [9.17, 15) is 22.8 Å². The quantitative estimate of drug-likeness (QED) is 0.646. The molecule has 1 saturated carbocycles. The summed E-state index contributed by atoms with van der Waals surface area (Å²) in [6.45, 7) is 0.0338. The van der Waals surface area contributed by atoms with E-state index in [-0.39, 0.29) is 32.2 Å². The van der Waals surface area contributed by atoms with Gasteiger partial charge in [0.2, 0.25) is 0 Å². The van der Waals surface area contributed by atoms with Crippen molar-refractivity contribution in [1.82, 2.24) is 10.6 Å². The Kier molecular flexibility index (Phi) is 3.84. The van der Waals surface area contributed by atoms with E-state index in [4.69, 9.17) is 5.11 Å². The molecule has 8 heteroatoms. The molecule has 0 aromatic heterocycles. The number of carbonyl (C=O) groups excluding carboxylic acids is 1. The molecule has 1 fully saturated rings. The second-order valence-corrected chi connectivity index (χ2v) is 3.96. The molecule has 0 spiro atoms. The molecule has 98 valence electrons. The topological polar surface area (TPSA) is 78.4 Å². The van der Waals surface area contributed by atoms with Gasteiger partial charge in [0.1, 0.15) is 5.54 Å². The molecular formula is C9H13F3N2O3. The van der Waals surface area contributed by atoms with E-state index in [0.717, 1.165) is 0 Å². The zero-order valence-corrected chi connectivity index (χ0v) is 8.93. The average Bonchev–Trinajstić information content (AvgIpc) is 2.92. The molecular weight excluding hydrogens is 241 g/mol. The van der Waals surface area contributed by atoms with Crippen molar-refractivity contribution in [2.45, 2.75) is 37.4 Å². The predicted octanol–water partition coefficient (Wildman–Crippen LogP) is 1.25. The second-order valence-electron chi connectivity index (χ2n) is 3.96. The Morgan fingerprint density at radius 3 is 2.29 bits per heavy atom. The highest BCUT2D eigenvalue weighted by Gasteiger charge is 2.64. The molecule has 0 aliphatic heterocycles. The summed E-state index contributed by atoms with van der Waals surface area (Å²) in [5.41, 5.74) is -2.08. The molecule has 3 N–H and O–H groups in total. The fourth-order valence-corrected chi connectivity index (χ4v) is 1.31. The predicted molar refractivity (Wildman–Crippen MR) is 51.4 cm³/mol. The molecule has 0 aromatic carbocycles. The van der Waals surface area contributed by atoms with E-state index in [0.29, 0.717) is 0 Å². The lowest BCUT2D eigenvalue weighted by Crippen LogP contribution is -2.51. The molecule has 0 atom stereocenters. The van der Waals surface area contributed by atoms with Crippen LogP contribution in [0.4, 0.5) is 18.0 Å². The van der Waals surface area contributed by atoms with Gasteiger partial charge in [-0.1, -0.05) is 0 Å². The van der Waals surface area contributed by atoms with Gasteiger partial charge >= 0.3 is 18.2 Å². The van der Waals surface area contributed by atoms with Gasteiger partial charge in [-0.25, -0.2) is 4.79 Å². The minimum Gasteiger partial charge on any atom is -0.481 e. The number of alkyl halides is 3. The van der Waals surface area contributed by atoms with Crippen LogP contribution in [0.1, 0.15) is 25.7 Å². The molecule has 1 rings (SSSR count). The summed E-state index contributed by atoms with van der Waals surface area (Å²) < 4.78 is 37.3. The maximum atomic E-state index is 12.4. The van der Waals surface area contributed by atoms with Crippen LogP contribution in [0.3, 0.4) is 0 Å². The maximum Gasteiger partial charge on any atom is 0.411 e. The zero-order valence-electron chi connectivity index (χ0n) is 8.93. The fraction of sp³-hybridized carbons (Fsp3) is 0.778. The monoisotopic (exact) mass is 254 g/mol. The second kappa shape index (κ2) is 4.80. The summed E-state index contributed by atoms with van der Waals surface area (Å²) in [6.07, 6.45) is -4.62. The van der Waals surface area contributed by atoms with E-state index < -0.39 is 23.7 Å². The maximum absolute atomic E-state index is 12.4. The van der Waals surface area contributed by atoms with Crippen LogP contribution in [-0.4, -0.2) is 35.4 Å². The van der Waals surface area contributed by atoms with E-state index in [2.05, 4.69) is 5.32 Å². The van der Waals surface area contributed by atoms with Gasteiger partial charge in [0.15, 0.2) is 0 Å². The van der Waals surface area contributed by atoms with Crippen LogP contribution < -0.4 is 10.6 Å². The summed E-state index contributed by atoms with van der Waals surface area (Å²) in [7, 11) is 0. The Morgan fingerprint density at radius 2 is 1.88 bits per heavy atom. The minimum absolute atomic E-state index is 0.0338. The largest absolute Gasteiger partial charge is 0.481 e. The number of nitrogens with one attached hydrogen (secondary N) is 2. The highest BCUT2D eigenvalue weighted by molar-refractivity contribution is 5.75. The van der Waals surface area contributed by atoms with Crippen molar-refractivity contribution >= 4 is 12.0 Å². The van der Waals surface area contributed by atoms with Gasteiger partial charge in [-0.2, -0.15) is 13.2 Å². The molecule has 0 bridgehead atoms. The smallest absolute Gasteiger partial charge is 0.411 e. The Bertz CT molecular complexity index is 313. The Hall–Kier alpha value is -1.47. The van der Waals surface area contributed by atoms with E-state index >= 15 is 0 Å². The molecule has 0 unspecified atom stereocenters. The first kappa shape index (κ1) is 13.6. The summed E-state index contributed by atoms with van der Waals surface area (Å²) in [6, 6.07) is -0.912. The van der Waals surface area contributed by atoms with Crippen LogP contribution in [0, 0.1) is 0 Å². The third-order valence-electron chi connectivity index (χ3n) is 2.50. The molecule has 2 amide bonds. The standard InChI is InChI=1S/C9H13F3N2O3/c10-9(11,12)8(3-4-8)14-7(17)13-5-1-2-6(15)16/h1-5H2,(H,15,16)(H2,13,14,17). The third kappa shape index (κ3) is 3.79. The first-order valence-electron chi connectivity index (χ1n) is 5.11. The Balaban J connectivity index is 2.24. The van der Waals surface area contributed by atoms with E-state index in [1.54, 1.807) is 0 Å². The van der Waals surface area contributed by atoms with Crippen LogP contribution in [0.5, 0.6) is 0 Å². The van der Waals surface area contributed by atoms with Crippen molar-refractivity contribution in [1.29, 1.82) is 0 Å². The van der Waals surface area contributed by atoms with Crippen LogP contribution in [-0.2, 0) is 4.79 Å². The number of hydrogen-bond acceptors (Lipinski definition) is 2. The molecule has 1 aliphatic rings. The van der Waals surface area contributed by atoms with Gasteiger partial charge in [-0.15, -0.1) is 0 Å². The Morgan fingerprint density at radius 1 is 1.29 bits per heavy atom. The molecule has 1 aliphatic carbocycles. The van der Waals surface area contributed by atoms with Gasteiger partial charge in [0.25, 0.3) is 0 Å². The lowest BCUT2D eigenvalue weighted by molar-refractivity contribution is -0.162. The summed E-state index contributed by atoms with van der Waals surface area (Å²) in [5.74, 6) is -1.01. The van der Waals surface area contributed by atoms with Crippen molar-refractivity contribution in [3.8, 4) is 0 Å². The van der Waals surface area contributed by atoms with Crippen LogP contribution in [0.15, 0.2) is 0 Å². The van der Waals surface area contributed by atoms with Crippen molar-refractivity contribution in [2.75, 3.05) is 6.54 Å². The number of amides is 2. The third-order valence-corrected chi connectivity index (χ3v) is 2.50. The lowest BCUT2D eigenvalue weighted by atomic mass is 10.2. The first-order valence-corrected chi connectivity index (χ1v) is 5.11. The first-order chi connectivity index (χ1) is 7.77. The highest BCUT2D eigenvalue weighted by atomic mass is 19.4. The van der Waals surface area contributed by atoms with Crippen LogP contribution in [0.2, 0.25) is 0 Å². The summed E-state index contributed by atoms with van der Waals surface area (Å²) in [5, 5.41) is 12.4. The molecule has 0 heterocycles. The van der Waals surface area contributed by atoms with Crippen molar-refractivity contribution < 1.29 is 27.9 Å². The molecule has 17 heavy (non-hydrogen) atoms. The SMILES string of the molecule is O=C(O)CCCNC(=O)NC1(C(F)(F)F)CC1. The Labute approximate surface area is 95.4 Å². The molecule has 5 nitrogen and oxygen atoms in total. The molecule has 0 radical (unpaired) electrons. The number of urea groups is 1. The number of hydrogen-bond donors (Lipinski definition) is 3.